The summed E-state index contributed by atoms with van der Waals surface area (Å²) < 4.78 is 52.2. The molecule has 2 aliphatic carbocycles. The lowest BCUT2D eigenvalue weighted by Crippen LogP contribution is -2.53. The Morgan fingerprint density at radius 2 is 1.24 bits per heavy atom. The standard InChI is InChI=1S/C29H37N3O8.C29H35N3O7/c1-8-17-14-29(17,26(34)35)31-25(33)20-12-18(15-32(20)27(36)40-28(4,5)6)39-22-13-23(38-9-2)30-24-16(3)21(37-7)11-10-19(22)24;1-8-17-14-29(17)26(33)38-25(31-29)20-12-18(15-32(20)27(34)39-28(4,5)6)37-22-13-23(36-9-2)30-24-16(3)21(35-7)11-10-19(22)24/h8,10-11,13,17-18,20H,1,9,12,14-15H2,2-7H3,(H,31,33)(H,34,35);8,10-11,13,17-18,20H,1,9,12,14-15H2,2-7H3/t17-,18-,20+,29-;17?,18-,20+,29-/m11/s1. The first-order chi connectivity index (χ1) is 37.3. The van der Waals surface area contributed by atoms with Crippen LogP contribution in [-0.2, 0) is 28.6 Å². The molecular weight excluding hydrogens is 1020 g/mol. The molecule has 2 aromatic carbocycles. The second kappa shape index (κ2) is 22.1. The highest BCUT2D eigenvalue weighted by molar-refractivity contribution is 6.05. The van der Waals surface area contributed by atoms with Crippen LogP contribution in [-0.4, -0.2) is 148 Å². The first-order valence-corrected chi connectivity index (χ1v) is 26.5. The summed E-state index contributed by atoms with van der Waals surface area (Å²) >= 11 is 0. The summed E-state index contributed by atoms with van der Waals surface area (Å²) in [4.78, 5) is 81.4. The summed E-state index contributed by atoms with van der Waals surface area (Å²) in [5.41, 5.74) is -0.830. The monoisotopic (exact) mass is 1090 g/mol. The number of amides is 3. The van der Waals surface area contributed by atoms with Crippen LogP contribution in [0.5, 0.6) is 34.8 Å². The van der Waals surface area contributed by atoms with Gasteiger partial charge >= 0.3 is 24.1 Å². The largest absolute Gasteiger partial charge is 0.496 e. The molecule has 79 heavy (non-hydrogen) atoms. The molecule has 5 aliphatic rings. The van der Waals surface area contributed by atoms with E-state index in [1.807, 2.05) is 52.0 Å². The minimum absolute atomic E-state index is 0.0564. The fourth-order valence-corrected chi connectivity index (χ4v) is 10.3. The van der Waals surface area contributed by atoms with Crippen LogP contribution in [0, 0.1) is 25.7 Å². The molecule has 21 nitrogen and oxygen atoms in total. The van der Waals surface area contributed by atoms with E-state index in [0.717, 1.165) is 21.9 Å². The number of methoxy groups -OCH3 is 2. The Hall–Kier alpha value is -7.84. The van der Waals surface area contributed by atoms with E-state index in [-0.39, 0.29) is 37.7 Å². The van der Waals surface area contributed by atoms with Crippen molar-refractivity contribution in [3.63, 3.8) is 0 Å². The quantitative estimate of drug-likeness (QED) is 0.0607. The molecule has 424 valence electrons. The Kier molecular flexibility index (Phi) is 16.1. The number of nitrogens with zero attached hydrogens (tertiary/aromatic N) is 5. The van der Waals surface area contributed by atoms with E-state index < -0.39 is 82.5 Å². The highest BCUT2D eigenvalue weighted by Gasteiger charge is 2.65. The number of rotatable bonds is 16. The Labute approximate surface area is 459 Å². The highest BCUT2D eigenvalue weighted by Crippen LogP contribution is 2.52. The van der Waals surface area contributed by atoms with Gasteiger partial charge in [0, 0.05) is 58.7 Å². The van der Waals surface area contributed by atoms with Gasteiger partial charge in [-0.15, -0.1) is 13.2 Å². The summed E-state index contributed by atoms with van der Waals surface area (Å²) in [5, 5.41) is 14.0. The summed E-state index contributed by atoms with van der Waals surface area (Å²) in [6, 6.07) is 9.25. The zero-order valence-electron chi connectivity index (χ0n) is 47.1. The average molecular weight is 1090 g/mol. The van der Waals surface area contributed by atoms with Gasteiger partial charge in [0.25, 0.3) is 0 Å². The maximum Gasteiger partial charge on any atom is 0.411 e. The number of likely N-dealkylation sites (tertiary alicyclic amines) is 2. The molecule has 4 fully saturated rings. The number of fused-ring (bicyclic) bond motifs is 2. The SMILES string of the molecule is C=CC1C[C@@]12N=C([C@@H]1C[C@@H](Oc3cc(OCC)nc4c(C)c(OC)ccc34)CN1C(=O)OC(C)(C)C)OC2=O.C=C[C@@H]1C[C@]1(NC(=O)[C@@H]1C[C@@H](Oc2cc(OCC)nc3c(C)c(OC)ccc23)CN1C(=O)OC(C)(C)C)C(=O)O. The summed E-state index contributed by atoms with van der Waals surface area (Å²) in [5.74, 6) is 0.850. The molecule has 5 heterocycles. The Morgan fingerprint density at radius 3 is 1.68 bits per heavy atom. The van der Waals surface area contributed by atoms with E-state index in [9.17, 15) is 29.1 Å². The molecule has 3 amide bonds. The first-order valence-electron chi connectivity index (χ1n) is 26.5. The summed E-state index contributed by atoms with van der Waals surface area (Å²) in [6.45, 7) is 26.8. The second-order valence-electron chi connectivity index (χ2n) is 22.2. The number of hydrogen-bond acceptors (Lipinski definition) is 17. The van der Waals surface area contributed by atoms with E-state index in [2.05, 4.69) is 33.4 Å². The predicted molar refractivity (Wildman–Crippen MR) is 291 cm³/mol. The average Bonchev–Trinajstić information content (AvgIpc) is 4.20. The third-order valence-electron chi connectivity index (χ3n) is 14.4. The molecule has 21 heteroatoms. The minimum atomic E-state index is -1.43. The van der Waals surface area contributed by atoms with Crippen molar-refractivity contribution < 1.29 is 71.7 Å². The van der Waals surface area contributed by atoms with E-state index in [1.54, 1.807) is 74.0 Å². The van der Waals surface area contributed by atoms with Crippen LogP contribution in [0.15, 0.2) is 66.7 Å². The van der Waals surface area contributed by atoms with Gasteiger partial charge in [0.1, 0.15) is 64.0 Å². The molecule has 2 N–H and O–H groups in total. The topological polar surface area (TPSA) is 245 Å². The molecule has 2 saturated heterocycles. The third kappa shape index (κ3) is 11.8. The van der Waals surface area contributed by atoms with Crippen molar-refractivity contribution in [3.8, 4) is 34.8 Å². The maximum absolute atomic E-state index is 13.5. The van der Waals surface area contributed by atoms with Gasteiger partial charge < -0.3 is 53.1 Å². The van der Waals surface area contributed by atoms with Gasteiger partial charge in [-0.05, 0) is 106 Å². The van der Waals surface area contributed by atoms with Crippen molar-refractivity contribution in [3.05, 3.63) is 72.8 Å². The van der Waals surface area contributed by atoms with Crippen molar-refractivity contribution in [1.82, 2.24) is 25.1 Å². The Morgan fingerprint density at radius 1 is 0.747 bits per heavy atom. The molecule has 1 unspecified atom stereocenters. The van der Waals surface area contributed by atoms with Gasteiger partial charge in [0.05, 0.1) is 51.6 Å². The number of carboxylic acids is 1. The Balaban J connectivity index is 0.000000208. The number of pyridine rings is 2. The van der Waals surface area contributed by atoms with Crippen LogP contribution in [0.4, 0.5) is 9.59 Å². The number of carboxylic acid groups (broad SMARTS) is 1. The highest BCUT2D eigenvalue weighted by atomic mass is 16.6. The zero-order chi connectivity index (χ0) is 57.5. The van der Waals surface area contributed by atoms with Crippen molar-refractivity contribution >= 4 is 57.7 Å². The fraction of sp³-hybridized carbons (Fsp3) is 0.517. The van der Waals surface area contributed by atoms with Gasteiger partial charge in [-0.2, -0.15) is 0 Å². The van der Waals surface area contributed by atoms with E-state index in [0.29, 0.717) is 71.8 Å². The van der Waals surface area contributed by atoms with Crippen LogP contribution < -0.4 is 33.7 Å². The number of hydrogen-bond donors (Lipinski definition) is 2. The molecule has 0 bridgehead atoms. The van der Waals surface area contributed by atoms with Crippen LogP contribution in [0.25, 0.3) is 21.8 Å². The number of aromatic nitrogens is 2. The molecule has 0 radical (unpaired) electrons. The maximum atomic E-state index is 13.5. The lowest BCUT2D eigenvalue weighted by Gasteiger charge is -2.28. The number of esters is 1. The van der Waals surface area contributed by atoms with Gasteiger partial charge in [0.15, 0.2) is 5.54 Å². The number of nitrogens with one attached hydrogen (secondary N) is 1. The van der Waals surface area contributed by atoms with E-state index in [1.165, 1.54) is 15.9 Å². The van der Waals surface area contributed by atoms with Crippen LogP contribution in [0.1, 0.15) is 92.2 Å². The number of aliphatic carboxylic acids is 1. The van der Waals surface area contributed by atoms with Crippen LogP contribution in [0.3, 0.4) is 0 Å². The van der Waals surface area contributed by atoms with Gasteiger partial charge in [0.2, 0.25) is 23.6 Å². The smallest absolute Gasteiger partial charge is 0.411 e. The first kappa shape index (κ1) is 57.3. The summed E-state index contributed by atoms with van der Waals surface area (Å²) in [6.07, 6.45) is 2.29. The summed E-state index contributed by atoms with van der Waals surface area (Å²) in [7, 11) is 3.20. The zero-order valence-corrected chi connectivity index (χ0v) is 47.1. The number of aryl methyl sites for hydroxylation is 2. The lowest BCUT2D eigenvalue weighted by molar-refractivity contribution is -0.144. The van der Waals surface area contributed by atoms with Gasteiger partial charge in [-0.25, -0.2) is 34.1 Å². The molecule has 1 spiro atoms. The lowest BCUT2D eigenvalue weighted by atomic mass is 10.1. The van der Waals surface area contributed by atoms with Gasteiger partial charge in [-0.3, -0.25) is 14.6 Å². The van der Waals surface area contributed by atoms with Crippen LogP contribution >= 0.6 is 0 Å². The second-order valence-corrected chi connectivity index (χ2v) is 22.2. The van der Waals surface area contributed by atoms with Crippen molar-refractivity contribution in [2.45, 2.75) is 141 Å². The number of aliphatic imine (C=N–C) groups is 1. The number of benzene rings is 2. The fourth-order valence-electron chi connectivity index (χ4n) is 10.3. The van der Waals surface area contributed by atoms with E-state index >= 15 is 0 Å². The number of ether oxygens (including phenoxy) is 9. The molecule has 3 aliphatic heterocycles. The number of carbonyl (C=O) groups is 5. The van der Waals surface area contributed by atoms with Crippen molar-refractivity contribution in [2.75, 3.05) is 40.5 Å². The normalized spacial score (nSPS) is 24.9. The van der Waals surface area contributed by atoms with Crippen molar-refractivity contribution in [1.29, 1.82) is 0 Å². The molecule has 8 atom stereocenters. The third-order valence-corrected chi connectivity index (χ3v) is 14.4. The Bertz CT molecular complexity index is 3110. The van der Waals surface area contributed by atoms with E-state index in [4.69, 9.17) is 42.6 Å². The molecule has 9 rings (SSSR count). The predicted octanol–water partition coefficient (Wildman–Crippen LogP) is 8.46. The number of cyclic esters (lactones) is 1. The molecule has 2 aromatic heterocycles. The molecule has 2 saturated carbocycles. The molecular formula is C58H72N6O15. The minimum Gasteiger partial charge on any atom is -0.496 e. The number of carbonyl (C=O) groups excluding carboxylic acids is 4. The van der Waals surface area contributed by atoms with Gasteiger partial charge in [-0.1, -0.05) is 12.2 Å². The molecule has 4 aromatic rings. The van der Waals surface area contributed by atoms with Crippen molar-refractivity contribution in [2.24, 2.45) is 16.8 Å². The van der Waals surface area contributed by atoms with Crippen LogP contribution in [0.2, 0.25) is 0 Å².